The van der Waals surface area contributed by atoms with E-state index in [0.717, 1.165) is 0 Å². The zero-order valence-electron chi connectivity index (χ0n) is 23.6. The van der Waals surface area contributed by atoms with Crippen LogP contribution in [-0.4, -0.2) is 47.8 Å². The van der Waals surface area contributed by atoms with Gasteiger partial charge in [-0.05, 0) is 57.7 Å². The summed E-state index contributed by atoms with van der Waals surface area (Å²) in [4.78, 5) is 5.79. The Morgan fingerprint density at radius 1 is 1.12 bits per heavy atom. The van der Waals surface area contributed by atoms with Crippen LogP contribution in [-0.2, 0) is 16.1 Å². The first-order valence-corrected chi connectivity index (χ1v) is 13.1. The van der Waals surface area contributed by atoms with Crippen LogP contribution in [0.4, 0.5) is 31.5 Å². The molecule has 0 radical (unpaired) electrons. The Labute approximate surface area is 238 Å². The van der Waals surface area contributed by atoms with Gasteiger partial charge in [-0.3, -0.25) is 4.90 Å². The second-order valence-electron chi connectivity index (χ2n) is 10.7. The highest BCUT2D eigenvalue weighted by molar-refractivity contribution is 5.98. The number of anilines is 4. The highest BCUT2D eigenvalue weighted by atomic mass is 19.1. The standard InChI is InChI=1S/C31H34F2N4O4/c1-15-23(18(4)39)12-37(26-9-25(34)24(32)8-21(26)14-38)30-17(3)31(29(33)16(2)28(15)30)36-10-22(11-36)35(7)13-27-19(5)40-20(6)41-27/h8-9,12,22,38-39H,1,4,6,10-11,13-14,34H2,2-3,5,7H3. The van der Waals surface area contributed by atoms with Crippen LogP contribution in [0.5, 0.6) is 0 Å². The summed E-state index contributed by atoms with van der Waals surface area (Å²) in [6.45, 7) is 18.0. The average molecular weight is 565 g/mol. The number of rotatable bonds is 7. The van der Waals surface area contributed by atoms with E-state index in [1.807, 2.05) is 25.8 Å². The Morgan fingerprint density at radius 2 is 1.80 bits per heavy atom. The zero-order valence-corrected chi connectivity index (χ0v) is 23.6. The number of benzene rings is 2. The van der Waals surface area contributed by atoms with Crippen molar-refractivity contribution in [3.63, 3.8) is 0 Å². The molecule has 5 rings (SSSR count). The summed E-state index contributed by atoms with van der Waals surface area (Å²) in [6.07, 6.45) is 1.60. The van der Waals surface area contributed by atoms with E-state index < -0.39 is 18.2 Å². The van der Waals surface area contributed by atoms with Crippen LogP contribution < -0.4 is 15.5 Å². The summed E-state index contributed by atoms with van der Waals surface area (Å²) in [5.74, 6) is 0.312. The lowest BCUT2D eigenvalue weighted by atomic mass is 9.86. The van der Waals surface area contributed by atoms with Gasteiger partial charge in [0.2, 0.25) is 0 Å². The van der Waals surface area contributed by atoms with E-state index in [1.165, 1.54) is 12.1 Å². The number of nitrogens with two attached hydrogens (primary N) is 1. The van der Waals surface area contributed by atoms with Crippen molar-refractivity contribution in [3.05, 3.63) is 101 Å². The van der Waals surface area contributed by atoms with E-state index in [-0.39, 0.29) is 34.6 Å². The molecule has 0 saturated carbocycles. The lowest BCUT2D eigenvalue weighted by Gasteiger charge is -2.47. The van der Waals surface area contributed by atoms with Crippen molar-refractivity contribution in [3.8, 4) is 0 Å². The lowest BCUT2D eigenvalue weighted by molar-refractivity contribution is 0.153. The molecule has 3 heterocycles. The number of aliphatic hydroxyl groups excluding tert-OH is 2. The van der Waals surface area contributed by atoms with Crippen molar-refractivity contribution in [2.75, 3.05) is 42.2 Å². The van der Waals surface area contributed by atoms with Crippen molar-refractivity contribution >= 4 is 28.3 Å². The van der Waals surface area contributed by atoms with Crippen molar-refractivity contribution in [1.29, 1.82) is 0 Å². The van der Waals surface area contributed by atoms with Crippen molar-refractivity contribution in [2.45, 2.75) is 33.4 Å². The van der Waals surface area contributed by atoms with Gasteiger partial charge in [-0.25, -0.2) is 8.78 Å². The van der Waals surface area contributed by atoms with Crippen LogP contribution >= 0.6 is 0 Å². The minimum atomic E-state index is -0.663. The van der Waals surface area contributed by atoms with Gasteiger partial charge < -0.3 is 35.2 Å². The third-order valence-electron chi connectivity index (χ3n) is 8.02. The van der Waals surface area contributed by atoms with E-state index in [2.05, 4.69) is 24.6 Å². The molecule has 0 unspecified atom stereocenters. The Hall–Kier alpha value is -4.28. The molecule has 10 heteroatoms. The molecular weight excluding hydrogens is 530 g/mol. The predicted molar refractivity (Wildman–Crippen MR) is 156 cm³/mol. The first-order valence-electron chi connectivity index (χ1n) is 13.1. The third-order valence-corrected chi connectivity index (χ3v) is 8.02. The van der Waals surface area contributed by atoms with E-state index in [9.17, 15) is 14.6 Å². The summed E-state index contributed by atoms with van der Waals surface area (Å²) >= 11 is 0. The molecule has 0 bridgehead atoms. The van der Waals surface area contributed by atoms with Gasteiger partial charge >= 0.3 is 0 Å². The molecule has 41 heavy (non-hydrogen) atoms. The zero-order chi connectivity index (χ0) is 29.9. The average Bonchev–Trinajstić information content (AvgIpc) is 3.20. The van der Waals surface area contributed by atoms with E-state index in [1.54, 1.807) is 18.0 Å². The van der Waals surface area contributed by atoms with Gasteiger partial charge in [0.15, 0.2) is 5.76 Å². The molecule has 3 aliphatic rings. The number of nitrogens with zero attached hydrogens (tertiary/aromatic N) is 3. The molecule has 2 aromatic carbocycles. The van der Waals surface area contributed by atoms with Gasteiger partial charge in [-0.1, -0.05) is 13.2 Å². The van der Waals surface area contributed by atoms with Gasteiger partial charge in [-0.15, -0.1) is 0 Å². The number of ether oxygens (including phenoxy) is 2. The molecule has 1 fully saturated rings. The molecule has 0 amide bonds. The number of likely N-dealkylation sites (N-methyl/N-ethyl adjacent to an activating group) is 1. The molecule has 0 atom stereocenters. The quantitative estimate of drug-likeness (QED) is 0.294. The Bertz CT molecular complexity index is 1570. The number of fused-ring (bicyclic) bond motifs is 1. The van der Waals surface area contributed by atoms with Crippen LogP contribution in [0.25, 0.3) is 5.57 Å². The van der Waals surface area contributed by atoms with Crippen LogP contribution in [0.1, 0.15) is 29.2 Å². The van der Waals surface area contributed by atoms with Crippen LogP contribution in [0, 0.1) is 25.5 Å². The van der Waals surface area contributed by atoms with Crippen LogP contribution in [0.2, 0.25) is 0 Å². The number of nitrogen functional groups attached to an aromatic ring is 1. The second-order valence-corrected chi connectivity index (χ2v) is 10.7. The highest BCUT2D eigenvalue weighted by Gasteiger charge is 2.38. The normalized spacial score (nSPS) is 17.0. The molecule has 1 saturated heterocycles. The number of hydrogen-bond donors (Lipinski definition) is 3. The molecular formula is C31H34F2N4O4. The predicted octanol–water partition coefficient (Wildman–Crippen LogP) is 5.65. The largest absolute Gasteiger partial charge is 0.508 e. The van der Waals surface area contributed by atoms with Crippen molar-refractivity contribution in [2.24, 2.45) is 0 Å². The maximum Gasteiger partial charge on any atom is 0.282 e. The fourth-order valence-electron chi connectivity index (χ4n) is 5.66. The second kappa shape index (κ2) is 10.3. The van der Waals surface area contributed by atoms with Gasteiger partial charge in [0.1, 0.15) is 23.2 Å². The van der Waals surface area contributed by atoms with Crippen LogP contribution in [0.15, 0.2) is 66.9 Å². The van der Waals surface area contributed by atoms with E-state index >= 15 is 4.39 Å². The molecule has 2 aromatic rings. The number of allylic oxidation sites excluding steroid dienone is 2. The number of aliphatic hydroxyl groups is 2. The summed E-state index contributed by atoms with van der Waals surface area (Å²) in [5.41, 5.74) is 9.66. The third kappa shape index (κ3) is 4.62. The monoisotopic (exact) mass is 564 g/mol. The first-order chi connectivity index (χ1) is 19.3. The molecule has 8 nitrogen and oxygen atoms in total. The van der Waals surface area contributed by atoms with E-state index in [4.69, 9.17) is 15.2 Å². The highest BCUT2D eigenvalue weighted by Crippen LogP contribution is 2.50. The van der Waals surface area contributed by atoms with E-state index in [0.29, 0.717) is 70.5 Å². The van der Waals surface area contributed by atoms with Gasteiger partial charge in [-0.2, -0.15) is 0 Å². The van der Waals surface area contributed by atoms with Crippen LogP contribution in [0.3, 0.4) is 0 Å². The lowest BCUT2D eigenvalue weighted by Crippen LogP contribution is -2.59. The van der Waals surface area contributed by atoms with Gasteiger partial charge in [0.25, 0.3) is 5.95 Å². The van der Waals surface area contributed by atoms with Gasteiger partial charge in [0, 0.05) is 47.6 Å². The Balaban J connectivity index is 1.56. The first kappa shape index (κ1) is 28.3. The minimum absolute atomic E-state index is 0.114. The summed E-state index contributed by atoms with van der Waals surface area (Å²) in [7, 11) is 1.98. The number of hydrogen-bond acceptors (Lipinski definition) is 8. The summed E-state index contributed by atoms with van der Waals surface area (Å²) in [6, 6.07) is 2.72. The molecule has 0 aromatic heterocycles. The molecule has 4 N–H and O–H groups in total. The van der Waals surface area contributed by atoms with Gasteiger partial charge in [0.05, 0.1) is 35.9 Å². The molecule has 0 aliphatic carbocycles. The SMILES string of the molecule is C=C1OC(C)=C(CN(C)C2CN(c3c(C)c4c(c(C)c3F)C(=C)C(C(=C)O)=CN4c3cc(N)c(F)cc3CO)C2)O1. The number of halogens is 2. The Morgan fingerprint density at radius 3 is 2.39 bits per heavy atom. The minimum Gasteiger partial charge on any atom is -0.508 e. The fourth-order valence-corrected chi connectivity index (χ4v) is 5.66. The summed E-state index contributed by atoms with van der Waals surface area (Å²) in [5, 5.41) is 20.5. The maximum absolute atomic E-state index is 16.2. The van der Waals surface area contributed by atoms with Crippen molar-refractivity contribution < 1.29 is 28.5 Å². The topological polar surface area (TPSA) is 94.7 Å². The maximum atomic E-state index is 16.2. The van der Waals surface area contributed by atoms with Crippen molar-refractivity contribution in [1.82, 2.24) is 4.90 Å². The summed E-state index contributed by atoms with van der Waals surface area (Å²) < 4.78 is 41.5. The molecule has 216 valence electrons. The fraction of sp³-hybridized carbons (Fsp3) is 0.290. The Kier molecular flexibility index (Phi) is 7.08. The smallest absolute Gasteiger partial charge is 0.282 e. The molecule has 3 aliphatic heterocycles. The molecule has 0 spiro atoms.